The van der Waals surface area contributed by atoms with E-state index in [9.17, 15) is 0 Å². The molecule has 1 fully saturated rings. The van der Waals surface area contributed by atoms with Crippen LogP contribution in [0.1, 0.15) is 11.1 Å². The van der Waals surface area contributed by atoms with Crippen molar-refractivity contribution in [1.29, 1.82) is 5.26 Å². The molecule has 0 bridgehead atoms. The molecule has 0 saturated carbocycles. The zero-order valence-corrected chi connectivity index (χ0v) is 15.3. The van der Waals surface area contributed by atoms with Crippen LogP contribution in [0.2, 0.25) is 0 Å². The average Bonchev–Trinajstić information content (AvgIpc) is 3.11. The highest BCUT2D eigenvalue weighted by molar-refractivity contribution is 5.98. The molecule has 1 aliphatic rings. The number of nitrogens with zero attached hydrogens (tertiary/aromatic N) is 4. The van der Waals surface area contributed by atoms with E-state index < -0.39 is 0 Å². The number of hydrogen-bond donors (Lipinski definition) is 1. The van der Waals surface area contributed by atoms with E-state index in [4.69, 9.17) is 10.00 Å². The third-order valence-corrected chi connectivity index (χ3v) is 4.86. The molecule has 1 aliphatic heterocycles. The van der Waals surface area contributed by atoms with Gasteiger partial charge in [-0.05, 0) is 24.3 Å². The molecule has 1 aromatic carbocycles. The largest absolute Gasteiger partial charge is 0.378 e. The van der Waals surface area contributed by atoms with Gasteiger partial charge in [-0.2, -0.15) is 5.26 Å². The number of pyridine rings is 1. The summed E-state index contributed by atoms with van der Waals surface area (Å²) in [6, 6.07) is 11.6. The second-order valence-electron chi connectivity index (χ2n) is 6.57. The Kier molecular flexibility index (Phi) is 4.53. The number of aromatic nitrogens is 2. The summed E-state index contributed by atoms with van der Waals surface area (Å²) in [5, 5.41) is 13.5. The van der Waals surface area contributed by atoms with Crippen LogP contribution in [-0.2, 0) is 11.8 Å². The molecular weight excluding hydrogens is 338 g/mol. The van der Waals surface area contributed by atoms with E-state index in [0.29, 0.717) is 5.56 Å². The minimum absolute atomic E-state index is 0.613. The number of benzene rings is 1. The molecule has 6 nitrogen and oxygen atoms in total. The molecule has 1 saturated heterocycles. The first-order chi connectivity index (χ1) is 13.2. The fraction of sp³-hybridized carbons (Fsp3) is 0.238. The van der Waals surface area contributed by atoms with Gasteiger partial charge in [-0.1, -0.05) is 12.6 Å². The summed E-state index contributed by atoms with van der Waals surface area (Å²) >= 11 is 0. The maximum atomic E-state index is 9.10. The normalized spacial score (nSPS) is 14.1. The zero-order valence-electron chi connectivity index (χ0n) is 15.3. The van der Waals surface area contributed by atoms with Gasteiger partial charge in [0.05, 0.1) is 30.4 Å². The topological polar surface area (TPSA) is 66.1 Å². The van der Waals surface area contributed by atoms with Gasteiger partial charge in [0.2, 0.25) is 0 Å². The summed E-state index contributed by atoms with van der Waals surface area (Å²) in [5.41, 5.74) is 4.53. The number of aryl methyl sites for hydroxylation is 1. The second-order valence-corrected chi connectivity index (χ2v) is 6.57. The number of ether oxygens (including phenoxy) is 1. The maximum Gasteiger partial charge on any atom is 0.139 e. The lowest BCUT2D eigenvalue weighted by molar-refractivity contribution is 0.0641. The van der Waals surface area contributed by atoms with Crippen LogP contribution >= 0.6 is 0 Å². The van der Waals surface area contributed by atoms with Gasteiger partial charge in [0.25, 0.3) is 0 Å². The number of anilines is 2. The molecule has 0 unspecified atom stereocenters. The maximum absolute atomic E-state index is 9.10. The predicted molar refractivity (Wildman–Crippen MR) is 107 cm³/mol. The molecule has 6 heteroatoms. The Morgan fingerprint density at radius 3 is 2.89 bits per heavy atom. The lowest BCUT2D eigenvalue weighted by atomic mass is 10.1. The molecule has 0 spiro atoms. The highest BCUT2D eigenvalue weighted by Gasteiger charge is 2.19. The number of nitrogens with one attached hydrogen (secondary N) is 1. The molecule has 3 heterocycles. The van der Waals surface area contributed by atoms with Gasteiger partial charge in [-0.3, -0.25) is 0 Å². The van der Waals surface area contributed by atoms with Crippen LogP contribution in [0.25, 0.3) is 16.6 Å². The fourth-order valence-corrected chi connectivity index (χ4v) is 3.43. The number of hydrogen-bond acceptors (Lipinski definition) is 5. The quantitative estimate of drug-likeness (QED) is 0.772. The average molecular weight is 359 g/mol. The van der Waals surface area contributed by atoms with Gasteiger partial charge in [0.15, 0.2) is 0 Å². The van der Waals surface area contributed by atoms with Crippen LogP contribution in [-0.4, -0.2) is 40.8 Å². The summed E-state index contributed by atoms with van der Waals surface area (Å²) < 4.78 is 7.54. The van der Waals surface area contributed by atoms with Crippen molar-refractivity contribution in [3.63, 3.8) is 0 Å². The van der Waals surface area contributed by atoms with Crippen molar-refractivity contribution in [3.8, 4) is 6.07 Å². The van der Waals surface area contributed by atoms with E-state index in [-0.39, 0.29) is 0 Å². The van der Waals surface area contributed by atoms with Crippen LogP contribution in [0.3, 0.4) is 0 Å². The van der Waals surface area contributed by atoms with Crippen molar-refractivity contribution >= 4 is 28.1 Å². The Morgan fingerprint density at radius 1 is 1.30 bits per heavy atom. The predicted octanol–water partition coefficient (Wildman–Crippen LogP) is 3.49. The van der Waals surface area contributed by atoms with Gasteiger partial charge in [0.1, 0.15) is 5.82 Å². The van der Waals surface area contributed by atoms with E-state index in [1.165, 1.54) is 0 Å². The lowest BCUT2D eigenvalue weighted by Crippen LogP contribution is -2.34. The summed E-state index contributed by atoms with van der Waals surface area (Å²) in [6.45, 7) is 7.43. The minimum atomic E-state index is 0.613. The van der Waals surface area contributed by atoms with Gasteiger partial charge in [-0.15, -0.1) is 0 Å². The van der Waals surface area contributed by atoms with Crippen molar-refractivity contribution in [1.82, 2.24) is 14.5 Å². The van der Waals surface area contributed by atoms with E-state index in [2.05, 4.69) is 38.5 Å². The first kappa shape index (κ1) is 17.1. The standard InChI is InChI=1S/C21H21N5O/c1-15(26-8-10-27-11-9-26)19-14-23-21(18-6-7-25(2)20(18)19)24-17-5-3-4-16(12-17)13-22/h3-7,12,14H,1,8-11H2,2H3,(H,23,24). The Balaban J connectivity index is 1.72. The number of fused-ring (bicyclic) bond motifs is 1. The fourth-order valence-electron chi connectivity index (χ4n) is 3.43. The summed E-state index contributed by atoms with van der Waals surface area (Å²) in [4.78, 5) is 6.91. The number of morpholine rings is 1. The third kappa shape index (κ3) is 3.25. The molecule has 0 aliphatic carbocycles. The highest BCUT2D eigenvalue weighted by Crippen LogP contribution is 2.32. The Morgan fingerprint density at radius 2 is 2.11 bits per heavy atom. The highest BCUT2D eigenvalue weighted by atomic mass is 16.5. The summed E-state index contributed by atoms with van der Waals surface area (Å²) in [6.07, 6.45) is 3.90. The van der Waals surface area contributed by atoms with E-state index in [1.807, 2.05) is 37.6 Å². The van der Waals surface area contributed by atoms with Crippen molar-refractivity contribution in [2.45, 2.75) is 0 Å². The van der Waals surface area contributed by atoms with Crippen LogP contribution in [0.4, 0.5) is 11.5 Å². The van der Waals surface area contributed by atoms with E-state index in [0.717, 1.165) is 60.0 Å². The van der Waals surface area contributed by atoms with Crippen LogP contribution in [0.15, 0.2) is 49.3 Å². The molecular formula is C21H21N5O. The Hall–Kier alpha value is -3.30. The number of rotatable bonds is 4. The monoisotopic (exact) mass is 359 g/mol. The molecule has 4 rings (SSSR count). The summed E-state index contributed by atoms with van der Waals surface area (Å²) in [5.74, 6) is 0.763. The van der Waals surface area contributed by atoms with Gasteiger partial charge >= 0.3 is 0 Å². The van der Waals surface area contributed by atoms with Crippen LogP contribution in [0.5, 0.6) is 0 Å². The van der Waals surface area contributed by atoms with Gasteiger partial charge in [0, 0.05) is 54.9 Å². The van der Waals surface area contributed by atoms with E-state index >= 15 is 0 Å². The second kappa shape index (κ2) is 7.14. The molecule has 0 amide bonds. The van der Waals surface area contributed by atoms with Gasteiger partial charge in [-0.25, -0.2) is 4.98 Å². The Labute approximate surface area is 158 Å². The van der Waals surface area contributed by atoms with Crippen molar-refractivity contribution < 1.29 is 4.74 Å². The smallest absolute Gasteiger partial charge is 0.139 e. The molecule has 2 aromatic heterocycles. The number of nitriles is 1. The molecule has 136 valence electrons. The summed E-state index contributed by atoms with van der Waals surface area (Å²) in [7, 11) is 2.03. The zero-order chi connectivity index (χ0) is 18.8. The third-order valence-electron chi connectivity index (χ3n) is 4.86. The van der Waals surface area contributed by atoms with Crippen molar-refractivity contribution in [3.05, 3.63) is 60.4 Å². The minimum Gasteiger partial charge on any atom is -0.378 e. The Bertz CT molecular complexity index is 1040. The molecule has 0 radical (unpaired) electrons. The van der Waals surface area contributed by atoms with Crippen molar-refractivity contribution in [2.75, 3.05) is 31.6 Å². The van der Waals surface area contributed by atoms with E-state index in [1.54, 1.807) is 6.07 Å². The first-order valence-corrected chi connectivity index (χ1v) is 8.90. The first-order valence-electron chi connectivity index (χ1n) is 8.90. The molecule has 0 atom stereocenters. The lowest BCUT2D eigenvalue weighted by Gasteiger charge is -2.31. The van der Waals surface area contributed by atoms with Crippen molar-refractivity contribution in [2.24, 2.45) is 7.05 Å². The molecule has 3 aromatic rings. The van der Waals surface area contributed by atoms with Gasteiger partial charge < -0.3 is 19.5 Å². The molecule has 1 N–H and O–H groups in total. The molecule has 27 heavy (non-hydrogen) atoms. The SMILES string of the molecule is C=C(c1cnc(Nc2cccc(C#N)c2)c2ccn(C)c12)N1CCOCC1. The van der Waals surface area contributed by atoms with Crippen LogP contribution in [0, 0.1) is 11.3 Å². The van der Waals surface area contributed by atoms with Crippen LogP contribution < -0.4 is 5.32 Å².